The van der Waals surface area contributed by atoms with Crippen molar-refractivity contribution in [3.8, 4) is 0 Å². The van der Waals surface area contributed by atoms with E-state index in [1.54, 1.807) is 0 Å². The van der Waals surface area contributed by atoms with E-state index in [0.29, 0.717) is 18.9 Å². The zero-order chi connectivity index (χ0) is 18.3. The zero-order valence-corrected chi connectivity index (χ0v) is 15.9. The van der Waals surface area contributed by atoms with Gasteiger partial charge in [-0.3, -0.25) is 14.5 Å². The molecule has 6 aliphatic rings. The van der Waals surface area contributed by atoms with Gasteiger partial charge in [-0.1, -0.05) is 19.9 Å². The third kappa shape index (κ3) is 1.83. The largest absolute Gasteiger partial charge is 0.395 e. The van der Waals surface area contributed by atoms with Crippen LogP contribution >= 0.6 is 0 Å². The van der Waals surface area contributed by atoms with E-state index in [1.807, 2.05) is 0 Å². The van der Waals surface area contributed by atoms with Crippen molar-refractivity contribution in [2.24, 2.45) is 34.0 Å². The number of piperidine rings is 1. The van der Waals surface area contributed by atoms with Crippen molar-refractivity contribution in [1.82, 2.24) is 4.90 Å². The van der Waals surface area contributed by atoms with Gasteiger partial charge in [0, 0.05) is 26.1 Å². The molecular formula is C22H31NO3. The summed E-state index contributed by atoms with van der Waals surface area (Å²) in [6, 6.07) is 0. The van der Waals surface area contributed by atoms with Gasteiger partial charge < -0.3 is 5.11 Å². The molecule has 0 aromatic rings. The van der Waals surface area contributed by atoms with Crippen molar-refractivity contribution >= 4 is 11.6 Å². The number of allylic oxidation sites excluding steroid dienone is 1. The first-order valence-electron chi connectivity index (χ1n) is 10.5. The molecule has 6 fully saturated rings. The Kier molecular flexibility index (Phi) is 3.48. The lowest BCUT2D eigenvalue weighted by Crippen LogP contribution is -2.72. The minimum atomic E-state index is -0.761. The third-order valence-electron chi connectivity index (χ3n) is 9.22. The van der Waals surface area contributed by atoms with Crippen molar-refractivity contribution in [3.05, 3.63) is 12.2 Å². The highest BCUT2D eigenvalue weighted by atomic mass is 16.3. The molecule has 1 spiro atoms. The Bertz CT molecular complexity index is 702. The molecule has 1 saturated heterocycles. The average Bonchev–Trinajstić information content (AvgIpc) is 2.60. The molecule has 5 aliphatic carbocycles. The summed E-state index contributed by atoms with van der Waals surface area (Å²) >= 11 is 0. The predicted molar refractivity (Wildman–Crippen MR) is 98.4 cm³/mol. The van der Waals surface area contributed by atoms with Crippen molar-refractivity contribution in [1.29, 1.82) is 0 Å². The second kappa shape index (κ2) is 5.29. The fraction of sp³-hybridized carbons (Fsp3) is 0.818. The smallest absolute Gasteiger partial charge is 0.172 e. The van der Waals surface area contributed by atoms with Gasteiger partial charge >= 0.3 is 0 Å². The van der Waals surface area contributed by atoms with E-state index in [-0.39, 0.29) is 40.8 Å². The Balaban J connectivity index is 1.65. The van der Waals surface area contributed by atoms with E-state index in [9.17, 15) is 14.7 Å². The van der Waals surface area contributed by atoms with E-state index in [2.05, 4.69) is 18.4 Å². The number of carbonyl (C=O) groups excluding carboxylic acids is 2. The number of likely N-dealkylation sites (tertiary alicyclic amines) is 1. The normalized spacial score (nSPS) is 50.5. The molecular weight excluding hydrogens is 326 g/mol. The maximum Gasteiger partial charge on any atom is 0.172 e. The Morgan fingerprint density at radius 2 is 2.00 bits per heavy atom. The summed E-state index contributed by atoms with van der Waals surface area (Å²) < 4.78 is 0. The van der Waals surface area contributed by atoms with Crippen LogP contribution in [0.15, 0.2) is 12.2 Å². The lowest BCUT2D eigenvalue weighted by Gasteiger charge is -2.70. The quantitative estimate of drug-likeness (QED) is 0.610. The molecule has 0 amide bonds. The topological polar surface area (TPSA) is 57.6 Å². The van der Waals surface area contributed by atoms with Crippen LogP contribution in [0.25, 0.3) is 0 Å². The molecule has 4 bridgehead atoms. The van der Waals surface area contributed by atoms with Crippen molar-refractivity contribution in [2.45, 2.75) is 51.9 Å². The molecule has 0 aromatic heterocycles. The average molecular weight is 357 g/mol. The van der Waals surface area contributed by atoms with Gasteiger partial charge in [-0.25, -0.2) is 0 Å². The van der Waals surface area contributed by atoms with Crippen molar-refractivity contribution < 1.29 is 14.7 Å². The Hall–Kier alpha value is -1.00. The first kappa shape index (κ1) is 17.1. The molecule has 4 nitrogen and oxygen atoms in total. The van der Waals surface area contributed by atoms with Crippen LogP contribution < -0.4 is 0 Å². The number of β-amino-alcohol motifs (C(OH)–C–C–N with tert-alkyl or cyclic N) is 1. The van der Waals surface area contributed by atoms with Crippen molar-refractivity contribution in [3.63, 3.8) is 0 Å². The van der Waals surface area contributed by atoms with Crippen LogP contribution in [0.4, 0.5) is 0 Å². The fourth-order valence-corrected chi connectivity index (χ4v) is 8.29. The molecule has 2 unspecified atom stereocenters. The van der Waals surface area contributed by atoms with Crippen LogP contribution in [-0.2, 0) is 9.59 Å². The van der Waals surface area contributed by atoms with Gasteiger partial charge in [-0.15, -0.1) is 0 Å². The third-order valence-corrected chi connectivity index (χ3v) is 9.22. The second-order valence-electron chi connectivity index (χ2n) is 10.2. The second-order valence-corrected chi connectivity index (χ2v) is 10.2. The van der Waals surface area contributed by atoms with Crippen LogP contribution in [0.3, 0.4) is 0 Å². The van der Waals surface area contributed by atoms with Crippen LogP contribution in [-0.4, -0.2) is 47.8 Å². The van der Waals surface area contributed by atoms with E-state index < -0.39 is 5.41 Å². The molecule has 26 heavy (non-hydrogen) atoms. The zero-order valence-electron chi connectivity index (χ0n) is 15.9. The standard InChI is InChI=1S/C22H31NO3/c1-14-15-4-7-22(19(14)26)17(10-15)21-6-3-5-20(2,16(21)11-18(22)25)12-23(13-21)8-9-24/h15-17,24H,1,3-13H2,2H3/t15-,16?,17?,20-,21-,22+/m0/s1. The highest BCUT2D eigenvalue weighted by molar-refractivity contribution is 6.16. The number of carbonyl (C=O) groups is 2. The van der Waals surface area contributed by atoms with Crippen LogP contribution in [0, 0.1) is 34.0 Å². The summed E-state index contributed by atoms with van der Waals surface area (Å²) in [5.74, 6) is 1.21. The first-order chi connectivity index (χ1) is 12.4. The molecule has 1 aliphatic heterocycles. The Morgan fingerprint density at radius 3 is 2.77 bits per heavy atom. The number of Topliss-reactive ketones (excluding diaryl/α,β-unsaturated/α-hetero) is 2. The molecule has 142 valence electrons. The van der Waals surface area contributed by atoms with Gasteiger partial charge in [-0.2, -0.15) is 0 Å². The SMILES string of the molecule is C=C1C(=O)[C@]23CC[C@H]1CC2[C@@]12CCC[C@@](C)(CN(CCO)C1)C2CC3=O. The van der Waals surface area contributed by atoms with E-state index in [1.165, 1.54) is 12.8 Å². The van der Waals surface area contributed by atoms with Crippen LogP contribution in [0.1, 0.15) is 51.9 Å². The van der Waals surface area contributed by atoms with E-state index in [0.717, 1.165) is 44.3 Å². The fourth-order valence-electron chi connectivity index (χ4n) is 8.29. The van der Waals surface area contributed by atoms with Crippen LogP contribution in [0.5, 0.6) is 0 Å². The molecule has 0 aromatic carbocycles. The minimum absolute atomic E-state index is 0.0728. The first-order valence-corrected chi connectivity index (χ1v) is 10.5. The molecule has 6 rings (SSSR count). The summed E-state index contributed by atoms with van der Waals surface area (Å²) in [5, 5.41) is 9.55. The number of nitrogens with zero attached hydrogens (tertiary/aromatic N) is 1. The number of fused-ring (bicyclic) bond motifs is 2. The molecule has 0 radical (unpaired) electrons. The van der Waals surface area contributed by atoms with Gasteiger partial charge in [0.15, 0.2) is 5.78 Å². The van der Waals surface area contributed by atoms with Gasteiger partial charge in [0.05, 0.1) is 12.0 Å². The summed E-state index contributed by atoms with van der Waals surface area (Å²) in [6.07, 6.45) is 6.80. The summed E-state index contributed by atoms with van der Waals surface area (Å²) in [5.41, 5.74) is 0.184. The number of aliphatic hydroxyl groups is 1. The number of ketones is 2. The van der Waals surface area contributed by atoms with E-state index >= 15 is 0 Å². The summed E-state index contributed by atoms with van der Waals surface area (Å²) in [6.45, 7) is 9.29. The van der Waals surface area contributed by atoms with Gasteiger partial charge in [0.2, 0.25) is 0 Å². The lowest BCUT2D eigenvalue weighted by atomic mass is 9.35. The number of hydrogen-bond acceptors (Lipinski definition) is 4. The van der Waals surface area contributed by atoms with Gasteiger partial charge in [0.25, 0.3) is 0 Å². The van der Waals surface area contributed by atoms with Gasteiger partial charge in [-0.05, 0) is 66.3 Å². The number of hydrogen-bond donors (Lipinski definition) is 1. The summed E-state index contributed by atoms with van der Waals surface area (Å²) in [4.78, 5) is 29.2. The maximum absolute atomic E-state index is 13.5. The monoisotopic (exact) mass is 357 g/mol. The molecule has 1 heterocycles. The van der Waals surface area contributed by atoms with Gasteiger partial charge in [0.1, 0.15) is 5.78 Å². The lowest BCUT2D eigenvalue weighted by molar-refractivity contribution is -0.211. The predicted octanol–water partition coefficient (Wildman–Crippen LogP) is 2.60. The highest BCUT2D eigenvalue weighted by Crippen LogP contribution is 2.71. The minimum Gasteiger partial charge on any atom is -0.395 e. The van der Waals surface area contributed by atoms with Crippen LogP contribution in [0.2, 0.25) is 0 Å². The molecule has 6 atom stereocenters. The molecule has 5 saturated carbocycles. The Morgan fingerprint density at radius 1 is 1.19 bits per heavy atom. The maximum atomic E-state index is 13.5. The molecule has 4 heteroatoms. The molecule has 1 N–H and O–H groups in total. The number of rotatable bonds is 2. The Labute approximate surface area is 156 Å². The number of aliphatic hydroxyl groups excluding tert-OH is 1. The van der Waals surface area contributed by atoms with E-state index in [4.69, 9.17) is 0 Å². The highest BCUT2D eigenvalue weighted by Gasteiger charge is 2.72. The summed E-state index contributed by atoms with van der Waals surface area (Å²) in [7, 11) is 0. The van der Waals surface area contributed by atoms with Crippen molar-refractivity contribution in [2.75, 3.05) is 26.2 Å².